The minimum atomic E-state index is -0.439. The van der Waals surface area contributed by atoms with E-state index in [1.54, 1.807) is 13.1 Å². The van der Waals surface area contributed by atoms with E-state index in [-0.39, 0.29) is 0 Å². The van der Waals surface area contributed by atoms with E-state index in [1.165, 1.54) is 19.3 Å². The minimum absolute atomic E-state index is 0.402. The molecular weight excluding hydrogens is 248 g/mol. The lowest BCUT2D eigenvalue weighted by molar-refractivity contribution is 0.199. The Morgan fingerprint density at radius 1 is 1.25 bits per heavy atom. The maximum absolute atomic E-state index is 9.54. The highest BCUT2D eigenvalue weighted by atomic mass is 16.3. The Kier molecular flexibility index (Phi) is 4.69. The predicted octanol–water partition coefficient (Wildman–Crippen LogP) is 3.79. The zero-order chi connectivity index (χ0) is 14.8. The molecule has 1 aliphatic rings. The smallest absolute Gasteiger partial charge is 0.128 e. The van der Waals surface area contributed by atoms with Crippen LogP contribution in [0.5, 0.6) is 0 Å². The first-order chi connectivity index (χ1) is 9.38. The highest BCUT2D eigenvalue weighted by Crippen LogP contribution is 2.35. The fraction of sp³-hybridized carbons (Fsp3) is 0.706. The lowest BCUT2D eigenvalue weighted by Crippen LogP contribution is -2.26. The summed E-state index contributed by atoms with van der Waals surface area (Å²) in [4.78, 5) is 6.90. The van der Waals surface area contributed by atoms with Crippen LogP contribution in [0.2, 0.25) is 0 Å². The van der Waals surface area contributed by atoms with Crippen molar-refractivity contribution in [3.8, 4) is 0 Å². The van der Waals surface area contributed by atoms with Crippen molar-refractivity contribution in [2.75, 3.05) is 18.0 Å². The number of pyridine rings is 1. The van der Waals surface area contributed by atoms with Crippen LogP contribution in [0.4, 0.5) is 5.82 Å². The second-order valence-electron chi connectivity index (χ2n) is 7.11. The zero-order valence-corrected chi connectivity index (χ0v) is 13.3. The van der Waals surface area contributed by atoms with Gasteiger partial charge in [-0.2, -0.15) is 0 Å². The molecule has 0 bridgehead atoms. The molecule has 1 N–H and O–H groups in total. The van der Waals surface area contributed by atoms with Crippen LogP contribution in [0.1, 0.15) is 58.6 Å². The average Bonchev–Trinajstić information content (AvgIpc) is 2.64. The molecule has 112 valence electrons. The first-order valence-corrected chi connectivity index (χ1v) is 7.77. The van der Waals surface area contributed by atoms with Crippen LogP contribution in [0.25, 0.3) is 0 Å². The van der Waals surface area contributed by atoms with E-state index in [0.29, 0.717) is 5.41 Å². The second-order valence-corrected chi connectivity index (χ2v) is 7.11. The van der Waals surface area contributed by atoms with E-state index in [0.717, 1.165) is 30.4 Å². The molecule has 2 rings (SSSR count). The van der Waals surface area contributed by atoms with Gasteiger partial charge in [-0.15, -0.1) is 0 Å². The third-order valence-electron chi connectivity index (χ3n) is 4.53. The number of aliphatic hydroxyl groups excluding tert-OH is 1. The summed E-state index contributed by atoms with van der Waals surface area (Å²) in [5.74, 6) is 1.84. The van der Waals surface area contributed by atoms with Crippen LogP contribution in [0, 0.1) is 11.3 Å². The van der Waals surface area contributed by atoms with E-state index >= 15 is 0 Å². The summed E-state index contributed by atoms with van der Waals surface area (Å²) in [5.41, 5.74) is 1.29. The summed E-state index contributed by atoms with van der Waals surface area (Å²) < 4.78 is 0. The van der Waals surface area contributed by atoms with Crippen molar-refractivity contribution in [2.45, 2.75) is 53.1 Å². The van der Waals surface area contributed by atoms with Gasteiger partial charge >= 0.3 is 0 Å². The average molecular weight is 276 g/mol. The molecule has 1 aromatic heterocycles. The summed E-state index contributed by atoms with van der Waals surface area (Å²) in [5, 5.41) is 9.54. The Morgan fingerprint density at radius 3 is 2.55 bits per heavy atom. The fourth-order valence-corrected chi connectivity index (χ4v) is 3.02. The van der Waals surface area contributed by atoms with E-state index in [4.69, 9.17) is 0 Å². The van der Waals surface area contributed by atoms with Crippen molar-refractivity contribution < 1.29 is 5.11 Å². The zero-order valence-electron chi connectivity index (χ0n) is 13.3. The molecule has 0 aromatic carbocycles. The largest absolute Gasteiger partial charge is 0.389 e. The number of hydrogen-bond donors (Lipinski definition) is 1. The Labute approximate surface area is 123 Å². The molecule has 20 heavy (non-hydrogen) atoms. The number of aromatic nitrogens is 1. The topological polar surface area (TPSA) is 36.4 Å². The van der Waals surface area contributed by atoms with E-state index in [9.17, 15) is 5.11 Å². The molecule has 3 nitrogen and oxygen atoms in total. The van der Waals surface area contributed by atoms with Gasteiger partial charge < -0.3 is 10.0 Å². The molecule has 0 radical (unpaired) electrons. The fourth-order valence-electron chi connectivity index (χ4n) is 3.02. The van der Waals surface area contributed by atoms with Crippen molar-refractivity contribution in [1.29, 1.82) is 0 Å². The van der Waals surface area contributed by atoms with Crippen LogP contribution < -0.4 is 4.90 Å². The second kappa shape index (κ2) is 6.13. The van der Waals surface area contributed by atoms with Crippen LogP contribution in [-0.2, 0) is 0 Å². The van der Waals surface area contributed by atoms with Crippen LogP contribution in [0.15, 0.2) is 18.3 Å². The van der Waals surface area contributed by atoms with Crippen LogP contribution in [0.3, 0.4) is 0 Å². The van der Waals surface area contributed by atoms with Gasteiger partial charge in [-0.3, -0.25) is 0 Å². The maximum atomic E-state index is 9.54. The Morgan fingerprint density at radius 2 is 2.00 bits per heavy atom. The third-order valence-corrected chi connectivity index (χ3v) is 4.53. The van der Waals surface area contributed by atoms with Crippen molar-refractivity contribution >= 4 is 5.82 Å². The van der Waals surface area contributed by atoms with Gasteiger partial charge in [-0.1, -0.05) is 26.8 Å². The van der Waals surface area contributed by atoms with E-state index in [1.807, 2.05) is 12.1 Å². The van der Waals surface area contributed by atoms with Gasteiger partial charge in [0.15, 0.2) is 0 Å². The molecule has 0 aliphatic carbocycles. The number of rotatable bonds is 2. The predicted molar refractivity (Wildman–Crippen MR) is 83.9 cm³/mol. The van der Waals surface area contributed by atoms with E-state index in [2.05, 4.69) is 30.7 Å². The SMILES string of the molecule is CC(O)c1ccc(N2CCCC(C(C)(C)C)CC2)nc1. The number of anilines is 1. The molecule has 1 saturated heterocycles. The number of nitrogens with zero attached hydrogens (tertiary/aromatic N) is 2. The lowest BCUT2D eigenvalue weighted by atomic mass is 9.77. The molecule has 1 aromatic rings. The van der Waals surface area contributed by atoms with Crippen LogP contribution in [-0.4, -0.2) is 23.2 Å². The molecular formula is C17H28N2O. The molecule has 2 atom stereocenters. The molecule has 3 heteroatoms. The van der Waals surface area contributed by atoms with Gasteiger partial charge in [0.05, 0.1) is 6.10 Å². The van der Waals surface area contributed by atoms with E-state index < -0.39 is 6.10 Å². The Balaban J connectivity index is 2.03. The highest BCUT2D eigenvalue weighted by Gasteiger charge is 2.27. The van der Waals surface area contributed by atoms with Gasteiger partial charge in [0.2, 0.25) is 0 Å². The minimum Gasteiger partial charge on any atom is -0.389 e. The summed E-state index contributed by atoms with van der Waals surface area (Å²) in [6, 6.07) is 4.03. The van der Waals surface area contributed by atoms with Gasteiger partial charge in [-0.05, 0) is 49.1 Å². The van der Waals surface area contributed by atoms with Gasteiger partial charge in [0.1, 0.15) is 5.82 Å². The summed E-state index contributed by atoms with van der Waals surface area (Å²) in [6.07, 6.45) is 5.15. The maximum Gasteiger partial charge on any atom is 0.128 e. The summed E-state index contributed by atoms with van der Waals surface area (Å²) >= 11 is 0. The first-order valence-electron chi connectivity index (χ1n) is 7.77. The van der Waals surface area contributed by atoms with Gasteiger partial charge in [0.25, 0.3) is 0 Å². The summed E-state index contributed by atoms with van der Waals surface area (Å²) in [6.45, 7) is 11.0. The molecule has 1 fully saturated rings. The Hall–Kier alpha value is -1.09. The molecule has 0 spiro atoms. The summed E-state index contributed by atoms with van der Waals surface area (Å²) in [7, 11) is 0. The van der Waals surface area contributed by atoms with Gasteiger partial charge in [-0.25, -0.2) is 4.98 Å². The van der Waals surface area contributed by atoms with Gasteiger partial charge in [0, 0.05) is 19.3 Å². The van der Waals surface area contributed by atoms with Crippen LogP contribution >= 0.6 is 0 Å². The number of aliphatic hydroxyl groups is 1. The standard InChI is InChI=1S/C17H28N2O/c1-13(20)14-7-8-16(18-12-14)19-10-5-6-15(9-11-19)17(2,3)4/h7-8,12-13,15,20H,5-6,9-11H2,1-4H3. The third kappa shape index (κ3) is 3.72. The lowest BCUT2D eigenvalue weighted by Gasteiger charge is -2.30. The normalized spacial score (nSPS) is 22.4. The quantitative estimate of drug-likeness (QED) is 0.893. The molecule has 0 amide bonds. The number of hydrogen-bond acceptors (Lipinski definition) is 3. The highest BCUT2D eigenvalue weighted by molar-refractivity contribution is 5.39. The molecule has 2 unspecified atom stereocenters. The van der Waals surface area contributed by atoms with Crippen molar-refractivity contribution in [1.82, 2.24) is 4.98 Å². The molecule has 2 heterocycles. The molecule has 0 saturated carbocycles. The van der Waals surface area contributed by atoms with Crippen molar-refractivity contribution in [3.05, 3.63) is 23.9 Å². The molecule has 1 aliphatic heterocycles. The first kappa shape index (κ1) is 15.3. The van der Waals surface area contributed by atoms with Crippen molar-refractivity contribution in [2.24, 2.45) is 11.3 Å². The Bertz CT molecular complexity index is 420. The monoisotopic (exact) mass is 276 g/mol. The van der Waals surface area contributed by atoms with Crippen molar-refractivity contribution in [3.63, 3.8) is 0 Å².